The molecule has 0 radical (unpaired) electrons. The third-order valence-corrected chi connectivity index (χ3v) is 3.96. The average molecular weight is 323 g/mol. The summed E-state index contributed by atoms with van der Waals surface area (Å²) in [6.07, 6.45) is 15.3. The largest absolute Gasteiger partial charge is 0.466 e. The molecule has 1 rings (SSSR count). The summed E-state index contributed by atoms with van der Waals surface area (Å²) >= 11 is 0. The molecule has 0 saturated carbocycles. The van der Waals surface area contributed by atoms with E-state index in [1.807, 2.05) is 10.9 Å². The summed E-state index contributed by atoms with van der Waals surface area (Å²) in [5.41, 5.74) is 0.690. The number of nitrogens with zero attached hydrogens (tertiary/aromatic N) is 3. The van der Waals surface area contributed by atoms with Crippen LogP contribution in [0.5, 0.6) is 0 Å². The van der Waals surface area contributed by atoms with E-state index in [0.717, 1.165) is 13.0 Å². The van der Waals surface area contributed by atoms with Gasteiger partial charge in [-0.3, -0.25) is 9.48 Å². The molecule has 1 aromatic heterocycles. The van der Waals surface area contributed by atoms with Crippen molar-refractivity contribution in [1.29, 1.82) is 0 Å². The van der Waals surface area contributed by atoms with Gasteiger partial charge in [-0.2, -0.15) is 0 Å². The Morgan fingerprint density at radius 3 is 2.22 bits per heavy atom. The lowest BCUT2D eigenvalue weighted by molar-refractivity contribution is -0.142. The summed E-state index contributed by atoms with van der Waals surface area (Å²) in [4.78, 5) is 11.4. The van der Waals surface area contributed by atoms with Crippen molar-refractivity contribution in [3.63, 3.8) is 0 Å². The maximum absolute atomic E-state index is 11.4. The van der Waals surface area contributed by atoms with Gasteiger partial charge in [0.2, 0.25) is 0 Å². The molecule has 1 heterocycles. The molecule has 0 bridgehead atoms. The number of hydrogen-bond acceptors (Lipinski definition) is 4. The van der Waals surface area contributed by atoms with E-state index in [0.29, 0.717) is 12.3 Å². The number of aryl methyl sites for hydroxylation is 1. The van der Waals surface area contributed by atoms with E-state index in [2.05, 4.69) is 17.2 Å². The second-order valence-electron chi connectivity index (χ2n) is 6.14. The first-order valence-electron chi connectivity index (χ1n) is 9.30. The van der Waals surface area contributed by atoms with Crippen molar-refractivity contribution in [3.05, 3.63) is 11.9 Å². The van der Waals surface area contributed by atoms with Gasteiger partial charge in [0.25, 0.3) is 0 Å². The number of aromatic nitrogens is 3. The monoisotopic (exact) mass is 323 g/mol. The summed E-state index contributed by atoms with van der Waals surface area (Å²) in [5, 5.41) is 8.08. The van der Waals surface area contributed by atoms with Crippen LogP contribution >= 0.6 is 0 Å². The van der Waals surface area contributed by atoms with Crippen LogP contribution < -0.4 is 0 Å². The lowest BCUT2D eigenvalue weighted by atomic mass is 10.1. The minimum atomic E-state index is -0.238. The third-order valence-electron chi connectivity index (χ3n) is 3.96. The van der Waals surface area contributed by atoms with Gasteiger partial charge in [0.15, 0.2) is 0 Å². The number of esters is 1. The lowest BCUT2D eigenvalue weighted by Crippen LogP contribution is -2.07. The fourth-order valence-corrected chi connectivity index (χ4v) is 2.65. The highest BCUT2D eigenvalue weighted by Crippen LogP contribution is 2.11. The highest BCUT2D eigenvalue weighted by molar-refractivity contribution is 5.71. The number of unbranched alkanes of at least 4 members (excludes halogenated alkanes) is 9. The van der Waals surface area contributed by atoms with Crippen LogP contribution in [-0.2, 0) is 22.5 Å². The zero-order valence-electron chi connectivity index (χ0n) is 14.9. The van der Waals surface area contributed by atoms with Crippen LogP contribution in [-0.4, -0.2) is 27.6 Å². The zero-order valence-corrected chi connectivity index (χ0v) is 14.9. The molecule has 5 nitrogen and oxygen atoms in total. The molecule has 5 heteroatoms. The zero-order chi connectivity index (χ0) is 16.8. The first-order valence-corrected chi connectivity index (χ1v) is 9.30. The molecule has 23 heavy (non-hydrogen) atoms. The summed E-state index contributed by atoms with van der Waals surface area (Å²) in [5.74, 6) is -0.238. The van der Waals surface area contributed by atoms with Gasteiger partial charge in [-0.1, -0.05) is 69.9 Å². The number of hydrogen-bond donors (Lipinski definition) is 0. The highest BCUT2D eigenvalue weighted by atomic mass is 16.5. The van der Waals surface area contributed by atoms with Gasteiger partial charge in [-0.25, -0.2) is 0 Å². The van der Waals surface area contributed by atoms with Crippen LogP contribution in [0.2, 0.25) is 0 Å². The summed E-state index contributed by atoms with van der Waals surface area (Å²) in [6, 6.07) is 0. The Balaban J connectivity index is 1.99. The van der Waals surface area contributed by atoms with Crippen molar-refractivity contribution in [3.8, 4) is 0 Å². The van der Waals surface area contributed by atoms with E-state index in [1.165, 1.54) is 57.8 Å². The van der Waals surface area contributed by atoms with Crippen LogP contribution in [0.15, 0.2) is 6.20 Å². The van der Waals surface area contributed by atoms with Crippen molar-refractivity contribution >= 4 is 5.97 Å². The molecule has 0 spiro atoms. The summed E-state index contributed by atoms with van der Waals surface area (Å²) in [7, 11) is 0. The van der Waals surface area contributed by atoms with Crippen LogP contribution in [0.4, 0.5) is 0 Å². The average Bonchev–Trinajstić information content (AvgIpc) is 2.96. The predicted molar refractivity (Wildman–Crippen MR) is 92.2 cm³/mol. The van der Waals surface area contributed by atoms with E-state index in [-0.39, 0.29) is 12.4 Å². The Kier molecular flexibility index (Phi) is 11.2. The molecule has 0 atom stereocenters. The van der Waals surface area contributed by atoms with Gasteiger partial charge >= 0.3 is 5.97 Å². The van der Waals surface area contributed by atoms with Crippen LogP contribution in [0.25, 0.3) is 0 Å². The Labute approximate surface area is 140 Å². The molecule has 0 aliphatic rings. The predicted octanol–water partition coefficient (Wildman–Crippen LogP) is 4.30. The molecular formula is C18H33N3O2. The van der Waals surface area contributed by atoms with Crippen LogP contribution in [0.3, 0.4) is 0 Å². The number of rotatable bonds is 14. The van der Waals surface area contributed by atoms with Crippen molar-refractivity contribution < 1.29 is 9.53 Å². The molecule has 0 amide bonds. The molecule has 132 valence electrons. The van der Waals surface area contributed by atoms with Crippen molar-refractivity contribution in [2.45, 2.75) is 91.0 Å². The Hall–Kier alpha value is -1.39. The molecule has 0 N–H and O–H groups in total. The third kappa shape index (κ3) is 10.1. The normalized spacial score (nSPS) is 10.9. The van der Waals surface area contributed by atoms with E-state index in [1.54, 1.807) is 6.92 Å². The van der Waals surface area contributed by atoms with Gasteiger partial charge in [-0.15, -0.1) is 5.10 Å². The number of ether oxygens (including phenoxy) is 1. The van der Waals surface area contributed by atoms with Crippen molar-refractivity contribution in [1.82, 2.24) is 15.0 Å². The van der Waals surface area contributed by atoms with E-state index >= 15 is 0 Å². The van der Waals surface area contributed by atoms with Gasteiger partial charge in [-0.05, 0) is 13.3 Å². The molecule has 0 aromatic carbocycles. The molecule has 0 saturated heterocycles. The van der Waals surface area contributed by atoms with Crippen molar-refractivity contribution in [2.75, 3.05) is 6.61 Å². The van der Waals surface area contributed by atoms with E-state index < -0.39 is 0 Å². The first kappa shape index (κ1) is 19.7. The second-order valence-corrected chi connectivity index (χ2v) is 6.14. The number of carbonyl (C=O) groups excluding carboxylic acids is 1. The number of carbonyl (C=O) groups is 1. The van der Waals surface area contributed by atoms with Gasteiger partial charge in [0.1, 0.15) is 0 Å². The standard InChI is InChI=1S/C18H33N3O2/c1-3-5-6-7-8-9-10-11-12-13-14-21-16-17(19-20-21)15-18(22)23-4-2/h16H,3-15H2,1-2H3. The highest BCUT2D eigenvalue weighted by Gasteiger charge is 2.07. The van der Waals surface area contributed by atoms with Gasteiger partial charge in [0.05, 0.1) is 18.7 Å². The van der Waals surface area contributed by atoms with Gasteiger partial charge in [0, 0.05) is 12.7 Å². The Bertz CT molecular complexity index is 418. The minimum Gasteiger partial charge on any atom is -0.466 e. The lowest BCUT2D eigenvalue weighted by Gasteiger charge is -2.02. The van der Waals surface area contributed by atoms with E-state index in [4.69, 9.17) is 4.74 Å². The minimum absolute atomic E-state index is 0.214. The SMILES string of the molecule is CCCCCCCCCCCCn1cc(CC(=O)OCC)nn1. The second kappa shape index (κ2) is 13.1. The maximum atomic E-state index is 11.4. The van der Waals surface area contributed by atoms with Crippen molar-refractivity contribution in [2.24, 2.45) is 0 Å². The molecule has 0 unspecified atom stereocenters. The first-order chi connectivity index (χ1) is 11.3. The summed E-state index contributed by atoms with van der Waals surface area (Å²) in [6.45, 7) is 5.35. The smallest absolute Gasteiger partial charge is 0.311 e. The quantitative estimate of drug-likeness (QED) is 0.378. The van der Waals surface area contributed by atoms with Crippen LogP contribution in [0, 0.1) is 0 Å². The Morgan fingerprint density at radius 2 is 1.61 bits per heavy atom. The topological polar surface area (TPSA) is 57.0 Å². The molecule has 0 aliphatic heterocycles. The fraction of sp³-hybridized carbons (Fsp3) is 0.833. The molecule has 0 fully saturated rings. The fourth-order valence-electron chi connectivity index (χ4n) is 2.65. The molecule has 1 aromatic rings. The van der Waals surface area contributed by atoms with Gasteiger partial charge < -0.3 is 4.74 Å². The maximum Gasteiger partial charge on any atom is 0.311 e. The molecular weight excluding hydrogens is 290 g/mol. The van der Waals surface area contributed by atoms with E-state index in [9.17, 15) is 4.79 Å². The Morgan fingerprint density at radius 1 is 1.00 bits per heavy atom. The summed E-state index contributed by atoms with van der Waals surface area (Å²) < 4.78 is 6.74. The molecule has 0 aliphatic carbocycles. The van der Waals surface area contributed by atoms with Crippen LogP contribution in [0.1, 0.15) is 83.7 Å².